The molecule has 0 spiro atoms. The minimum Gasteiger partial charge on any atom is -0.436 e. The molecule has 1 aromatic heterocycles. The van der Waals surface area contributed by atoms with Crippen LogP contribution < -0.4 is 5.73 Å². The first kappa shape index (κ1) is 14.1. The van der Waals surface area contributed by atoms with Crippen LogP contribution in [0.4, 0.5) is 0 Å². The number of carbonyl (C=O) groups is 2. The van der Waals surface area contributed by atoms with Crippen molar-refractivity contribution in [1.82, 2.24) is 9.88 Å². The van der Waals surface area contributed by atoms with E-state index in [1.54, 1.807) is 18.7 Å². The molecule has 7 nitrogen and oxygen atoms in total. The number of amides is 2. The van der Waals surface area contributed by atoms with Gasteiger partial charge in [0.25, 0.3) is 5.91 Å². The highest BCUT2D eigenvalue weighted by Gasteiger charge is 2.54. The number of fused-ring (bicyclic) bond motifs is 1. The Morgan fingerprint density at radius 3 is 2.76 bits per heavy atom. The Bertz CT molecular complexity index is 597. The lowest BCUT2D eigenvalue weighted by atomic mass is 9.74. The highest BCUT2D eigenvalue weighted by molar-refractivity contribution is 5.94. The fourth-order valence-corrected chi connectivity index (χ4v) is 3.38. The zero-order valence-corrected chi connectivity index (χ0v) is 12.2. The zero-order chi connectivity index (χ0) is 15.2. The van der Waals surface area contributed by atoms with Crippen molar-refractivity contribution < 1.29 is 18.7 Å². The zero-order valence-electron chi connectivity index (χ0n) is 12.2. The Hall–Kier alpha value is -1.89. The number of ether oxygens (including phenoxy) is 1. The number of aromatic nitrogens is 1. The topological polar surface area (TPSA) is 98.7 Å². The third kappa shape index (κ3) is 2.12. The molecule has 21 heavy (non-hydrogen) atoms. The summed E-state index contributed by atoms with van der Waals surface area (Å²) >= 11 is 0. The molecule has 7 heteroatoms. The van der Waals surface area contributed by atoms with Crippen LogP contribution in [0.1, 0.15) is 28.6 Å². The van der Waals surface area contributed by atoms with Crippen LogP contribution in [0.5, 0.6) is 0 Å². The van der Waals surface area contributed by atoms with Crippen LogP contribution in [-0.4, -0.2) is 48.0 Å². The lowest BCUT2D eigenvalue weighted by Crippen LogP contribution is -2.48. The molecule has 0 unspecified atom stereocenters. The quantitative estimate of drug-likeness (QED) is 0.843. The van der Waals surface area contributed by atoms with Gasteiger partial charge in [0.2, 0.25) is 11.7 Å². The summed E-state index contributed by atoms with van der Waals surface area (Å²) in [5.41, 5.74) is 5.51. The smallest absolute Gasteiger partial charge is 0.291 e. The Balaban J connectivity index is 1.87. The van der Waals surface area contributed by atoms with Crippen molar-refractivity contribution in [2.24, 2.45) is 17.1 Å². The number of rotatable bonds is 2. The highest BCUT2D eigenvalue weighted by atomic mass is 16.5. The predicted molar refractivity (Wildman–Crippen MR) is 72.4 cm³/mol. The van der Waals surface area contributed by atoms with E-state index in [1.165, 1.54) is 0 Å². The van der Waals surface area contributed by atoms with Gasteiger partial charge in [-0.25, -0.2) is 4.98 Å². The first-order chi connectivity index (χ1) is 9.94. The normalized spacial score (nSPS) is 28.5. The number of likely N-dealkylation sites (tertiary alicyclic amines) is 1. The van der Waals surface area contributed by atoms with Gasteiger partial charge in [-0.2, -0.15) is 0 Å². The molecule has 0 aliphatic carbocycles. The number of primary amides is 1. The number of aryl methyl sites for hydroxylation is 2. The molecule has 0 bridgehead atoms. The van der Waals surface area contributed by atoms with E-state index in [9.17, 15) is 9.59 Å². The number of nitrogens with two attached hydrogens (primary N) is 1. The van der Waals surface area contributed by atoms with Crippen LogP contribution in [0, 0.1) is 25.2 Å². The van der Waals surface area contributed by atoms with E-state index in [2.05, 4.69) is 4.98 Å². The van der Waals surface area contributed by atoms with Gasteiger partial charge in [-0.1, -0.05) is 0 Å². The summed E-state index contributed by atoms with van der Waals surface area (Å²) in [6.45, 7) is 5.19. The molecule has 0 aromatic carbocycles. The van der Waals surface area contributed by atoms with E-state index in [0.29, 0.717) is 44.3 Å². The molecule has 2 aliphatic rings. The van der Waals surface area contributed by atoms with Crippen molar-refractivity contribution in [1.29, 1.82) is 0 Å². The maximum absolute atomic E-state index is 12.6. The molecule has 114 valence electrons. The van der Waals surface area contributed by atoms with Gasteiger partial charge in [0.15, 0.2) is 5.89 Å². The van der Waals surface area contributed by atoms with Gasteiger partial charge >= 0.3 is 0 Å². The monoisotopic (exact) mass is 293 g/mol. The Morgan fingerprint density at radius 1 is 1.43 bits per heavy atom. The minimum absolute atomic E-state index is 0.0444. The summed E-state index contributed by atoms with van der Waals surface area (Å²) in [5.74, 6) is 0.0730. The number of hydrogen-bond donors (Lipinski definition) is 1. The highest BCUT2D eigenvalue weighted by Crippen LogP contribution is 2.42. The molecule has 3 heterocycles. The Kier molecular flexibility index (Phi) is 3.24. The number of oxazole rings is 1. The van der Waals surface area contributed by atoms with Gasteiger partial charge in [-0.3, -0.25) is 9.59 Å². The second kappa shape index (κ2) is 4.84. The summed E-state index contributed by atoms with van der Waals surface area (Å²) in [5, 5.41) is 0. The van der Waals surface area contributed by atoms with Crippen molar-refractivity contribution in [2.45, 2.75) is 20.3 Å². The van der Waals surface area contributed by atoms with Crippen molar-refractivity contribution in [3.63, 3.8) is 0 Å². The molecule has 3 rings (SSSR count). The average Bonchev–Trinajstić information content (AvgIpc) is 2.99. The lowest BCUT2D eigenvalue weighted by Gasteiger charge is -2.34. The van der Waals surface area contributed by atoms with E-state index in [0.717, 1.165) is 0 Å². The third-order valence-electron chi connectivity index (χ3n) is 4.58. The first-order valence-electron chi connectivity index (χ1n) is 7.05. The molecule has 2 saturated heterocycles. The number of nitrogens with zero attached hydrogens (tertiary/aromatic N) is 2. The van der Waals surface area contributed by atoms with Gasteiger partial charge in [-0.15, -0.1) is 0 Å². The predicted octanol–water partition coefficient (Wildman–Crippen LogP) is 0.255. The average molecular weight is 293 g/mol. The Morgan fingerprint density at radius 2 is 2.19 bits per heavy atom. The number of carbonyl (C=O) groups excluding carboxylic acids is 2. The molecule has 2 N–H and O–H groups in total. The second-order valence-corrected chi connectivity index (χ2v) is 5.88. The van der Waals surface area contributed by atoms with E-state index in [-0.39, 0.29) is 23.5 Å². The minimum atomic E-state index is -0.670. The summed E-state index contributed by atoms with van der Waals surface area (Å²) in [6, 6.07) is 0. The summed E-state index contributed by atoms with van der Waals surface area (Å²) in [6.07, 6.45) is 0.561. The summed E-state index contributed by atoms with van der Waals surface area (Å²) in [7, 11) is 0. The van der Waals surface area contributed by atoms with E-state index < -0.39 is 5.41 Å². The van der Waals surface area contributed by atoms with Crippen molar-refractivity contribution in [3.8, 4) is 0 Å². The molecular formula is C14H19N3O4. The van der Waals surface area contributed by atoms with Gasteiger partial charge in [0.1, 0.15) is 0 Å². The molecule has 2 fully saturated rings. The van der Waals surface area contributed by atoms with Crippen molar-refractivity contribution in [2.75, 3.05) is 26.3 Å². The third-order valence-corrected chi connectivity index (χ3v) is 4.58. The fraction of sp³-hybridized carbons (Fsp3) is 0.643. The largest absolute Gasteiger partial charge is 0.436 e. The van der Waals surface area contributed by atoms with Gasteiger partial charge in [0.05, 0.1) is 17.7 Å². The van der Waals surface area contributed by atoms with Crippen molar-refractivity contribution >= 4 is 11.8 Å². The fourth-order valence-electron chi connectivity index (χ4n) is 3.38. The summed E-state index contributed by atoms with van der Waals surface area (Å²) < 4.78 is 10.8. The maximum atomic E-state index is 12.6. The molecule has 2 atom stereocenters. The SMILES string of the molecule is Cc1nc(C)c(C(=O)N2C[C@@H]3COCC[C@]3(C(N)=O)C2)o1. The molecule has 0 radical (unpaired) electrons. The van der Waals surface area contributed by atoms with E-state index in [1.807, 2.05) is 0 Å². The lowest BCUT2D eigenvalue weighted by molar-refractivity contribution is -0.135. The molecule has 0 saturated carbocycles. The first-order valence-corrected chi connectivity index (χ1v) is 7.05. The van der Waals surface area contributed by atoms with Gasteiger partial charge in [-0.05, 0) is 13.3 Å². The van der Waals surface area contributed by atoms with Crippen LogP contribution in [-0.2, 0) is 9.53 Å². The van der Waals surface area contributed by atoms with Crippen molar-refractivity contribution in [3.05, 3.63) is 17.3 Å². The van der Waals surface area contributed by atoms with Crippen LogP contribution in [0.25, 0.3) is 0 Å². The molecule has 1 aromatic rings. The Labute approximate surface area is 122 Å². The molecule has 2 aliphatic heterocycles. The van der Waals surface area contributed by atoms with Crippen LogP contribution in [0.3, 0.4) is 0 Å². The van der Waals surface area contributed by atoms with E-state index >= 15 is 0 Å². The molecule has 2 amide bonds. The van der Waals surface area contributed by atoms with Crippen LogP contribution in [0.2, 0.25) is 0 Å². The summed E-state index contributed by atoms with van der Waals surface area (Å²) in [4.78, 5) is 30.3. The van der Waals surface area contributed by atoms with Gasteiger partial charge in [0, 0.05) is 32.5 Å². The molecular weight excluding hydrogens is 274 g/mol. The van der Waals surface area contributed by atoms with Gasteiger partial charge < -0.3 is 19.8 Å². The maximum Gasteiger partial charge on any atom is 0.291 e. The van der Waals surface area contributed by atoms with E-state index in [4.69, 9.17) is 14.9 Å². The van der Waals surface area contributed by atoms with Crippen LogP contribution in [0.15, 0.2) is 4.42 Å². The standard InChI is InChI=1S/C14H19N3O4/c1-8-11(21-9(2)16-8)12(18)17-5-10-6-20-4-3-14(10,7-17)13(15)19/h10H,3-7H2,1-2H3,(H2,15,19)/t10-,14+/m1/s1. The van der Waals surface area contributed by atoms with Crippen LogP contribution >= 0.6 is 0 Å². The second-order valence-electron chi connectivity index (χ2n) is 5.88. The number of hydrogen-bond acceptors (Lipinski definition) is 5.